The Morgan fingerprint density at radius 3 is 2.77 bits per heavy atom. The van der Waals surface area contributed by atoms with Crippen molar-refractivity contribution in [2.45, 2.75) is 19.1 Å². The zero-order chi connectivity index (χ0) is 9.26. The molecule has 2 unspecified atom stereocenters. The molecule has 1 aliphatic rings. The summed E-state index contributed by atoms with van der Waals surface area (Å²) >= 11 is 3.42. The average molecular weight is 243 g/mol. The van der Waals surface area contributed by atoms with Crippen LogP contribution >= 0.6 is 15.9 Å². The monoisotopic (exact) mass is 242 g/mol. The third kappa shape index (κ3) is 2.23. The number of benzene rings is 1. The number of rotatable bonds is 3. The summed E-state index contributed by atoms with van der Waals surface area (Å²) in [6, 6.07) is 7.83. The van der Waals surface area contributed by atoms with Gasteiger partial charge in [-0.3, -0.25) is 0 Å². The van der Waals surface area contributed by atoms with Gasteiger partial charge in [0, 0.05) is 0 Å². The van der Waals surface area contributed by atoms with E-state index < -0.39 is 0 Å². The van der Waals surface area contributed by atoms with Crippen LogP contribution < -0.4 is 4.74 Å². The molecule has 1 saturated heterocycles. The summed E-state index contributed by atoms with van der Waals surface area (Å²) in [7, 11) is 0. The molecule has 0 spiro atoms. The quantitative estimate of drug-likeness (QED) is 0.761. The van der Waals surface area contributed by atoms with Crippen LogP contribution in [-0.4, -0.2) is 18.8 Å². The average Bonchev–Trinajstić information content (AvgIpc) is 2.81. The number of hydrogen-bond acceptors (Lipinski definition) is 2. The second kappa shape index (κ2) is 3.68. The Hall–Kier alpha value is -0.540. The fourth-order valence-corrected chi connectivity index (χ4v) is 1.54. The van der Waals surface area contributed by atoms with E-state index in [2.05, 4.69) is 15.9 Å². The van der Waals surface area contributed by atoms with Gasteiger partial charge in [0.05, 0.1) is 10.6 Å². The molecule has 0 bridgehead atoms. The summed E-state index contributed by atoms with van der Waals surface area (Å²) in [6.45, 7) is 2.69. The first-order chi connectivity index (χ1) is 6.27. The van der Waals surface area contributed by atoms with Crippen LogP contribution in [0.3, 0.4) is 0 Å². The summed E-state index contributed by atoms with van der Waals surface area (Å²) in [4.78, 5) is 0. The van der Waals surface area contributed by atoms with Crippen LogP contribution in [0.25, 0.3) is 0 Å². The van der Waals surface area contributed by atoms with Gasteiger partial charge in [-0.05, 0) is 35.0 Å². The van der Waals surface area contributed by atoms with E-state index in [0.717, 1.165) is 10.2 Å². The van der Waals surface area contributed by atoms with Crippen LogP contribution in [-0.2, 0) is 4.74 Å². The van der Waals surface area contributed by atoms with Crippen LogP contribution in [0.1, 0.15) is 6.92 Å². The molecule has 3 heteroatoms. The van der Waals surface area contributed by atoms with Crippen LogP contribution in [0.15, 0.2) is 28.7 Å². The first-order valence-electron chi connectivity index (χ1n) is 4.30. The molecule has 2 atom stereocenters. The van der Waals surface area contributed by atoms with Crippen LogP contribution in [0.2, 0.25) is 0 Å². The van der Waals surface area contributed by atoms with Crippen molar-refractivity contribution in [1.82, 2.24) is 0 Å². The van der Waals surface area contributed by atoms with E-state index in [1.807, 2.05) is 31.2 Å². The smallest absolute Gasteiger partial charge is 0.133 e. The number of ether oxygens (including phenoxy) is 2. The second-order valence-electron chi connectivity index (χ2n) is 3.12. The van der Waals surface area contributed by atoms with Crippen molar-refractivity contribution in [2.24, 2.45) is 0 Å². The van der Waals surface area contributed by atoms with Crippen LogP contribution in [0, 0.1) is 0 Å². The highest BCUT2D eigenvalue weighted by Gasteiger charge is 2.34. The Morgan fingerprint density at radius 1 is 1.46 bits per heavy atom. The van der Waals surface area contributed by atoms with Gasteiger partial charge in [0.1, 0.15) is 18.5 Å². The van der Waals surface area contributed by atoms with Crippen molar-refractivity contribution < 1.29 is 9.47 Å². The first kappa shape index (κ1) is 9.03. The van der Waals surface area contributed by atoms with Gasteiger partial charge in [-0.25, -0.2) is 0 Å². The Bertz CT molecular complexity index is 301. The van der Waals surface area contributed by atoms with Gasteiger partial charge in [0.15, 0.2) is 0 Å². The molecule has 2 rings (SSSR count). The minimum absolute atomic E-state index is 0.284. The lowest BCUT2D eigenvalue weighted by molar-refractivity contribution is 0.259. The maximum atomic E-state index is 5.56. The number of hydrogen-bond donors (Lipinski definition) is 0. The van der Waals surface area contributed by atoms with E-state index >= 15 is 0 Å². The van der Waals surface area contributed by atoms with Crippen molar-refractivity contribution in [1.29, 1.82) is 0 Å². The molecule has 0 saturated carbocycles. The molecule has 1 heterocycles. The highest BCUT2D eigenvalue weighted by Crippen LogP contribution is 2.27. The SMILES string of the molecule is CC1OC1COc1ccccc1Br. The molecule has 1 aromatic carbocycles. The number of epoxide rings is 1. The van der Waals surface area contributed by atoms with Crippen LogP contribution in [0.5, 0.6) is 5.75 Å². The molecule has 1 aliphatic heterocycles. The fraction of sp³-hybridized carbons (Fsp3) is 0.400. The predicted molar refractivity (Wildman–Crippen MR) is 54.0 cm³/mol. The van der Waals surface area contributed by atoms with Gasteiger partial charge in [0.2, 0.25) is 0 Å². The van der Waals surface area contributed by atoms with E-state index in [9.17, 15) is 0 Å². The standard InChI is InChI=1S/C10H11BrO2/c1-7-10(13-7)6-12-9-5-3-2-4-8(9)11/h2-5,7,10H,6H2,1H3. The third-order valence-electron chi connectivity index (χ3n) is 2.08. The minimum atomic E-state index is 0.284. The molecular weight excluding hydrogens is 232 g/mol. The van der Waals surface area contributed by atoms with Crippen molar-refractivity contribution in [3.05, 3.63) is 28.7 Å². The third-order valence-corrected chi connectivity index (χ3v) is 2.73. The molecule has 0 N–H and O–H groups in total. The lowest BCUT2D eigenvalue weighted by Crippen LogP contribution is -2.06. The molecule has 0 radical (unpaired) electrons. The molecule has 1 aromatic rings. The Balaban J connectivity index is 1.90. The molecule has 13 heavy (non-hydrogen) atoms. The number of para-hydroxylation sites is 1. The summed E-state index contributed by atoms with van der Waals surface area (Å²) in [5, 5.41) is 0. The Morgan fingerprint density at radius 2 is 2.15 bits per heavy atom. The number of halogens is 1. The minimum Gasteiger partial charge on any atom is -0.490 e. The maximum absolute atomic E-state index is 5.56. The van der Waals surface area contributed by atoms with Gasteiger partial charge < -0.3 is 9.47 Å². The summed E-state index contributed by atoms with van der Waals surface area (Å²) in [5.74, 6) is 0.880. The van der Waals surface area contributed by atoms with Gasteiger partial charge in [-0.15, -0.1) is 0 Å². The van der Waals surface area contributed by atoms with Crippen molar-refractivity contribution >= 4 is 15.9 Å². The topological polar surface area (TPSA) is 21.8 Å². The van der Waals surface area contributed by atoms with Crippen molar-refractivity contribution in [2.75, 3.05) is 6.61 Å². The molecular formula is C10H11BrO2. The first-order valence-corrected chi connectivity index (χ1v) is 5.09. The van der Waals surface area contributed by atoms with Gasteiger partial charge >= 0.3 is 0 Å². The highest BCUT2D eigenvalue weighted by molar-refractivity contribution is 9.10. The fourth-order valence-electron chi connectivity index (χ4n) is 1.14. The lowest BCUT2D eigenvalue weighted by Gasteiger charge is -2.05. The van der Waals surface area contributed by atoms with E-state index in [1.54, 1.807) is 0 Å². The molecule has 2 nitrogen and oxygen atoms in total. The molecule has 1 fully saturated rings. The normalized spacial score (nSPS) is 25.7. The molecule has 0 amide bonds. The molecule has 0 aliphatic carbocycles. The Kier molecular flexibility index (Phi) is 2.56. The predicted octanol–water partition coefficient (Wildman–Crippen LogP) is 2.62. The second-order valence-corrected chi connectivity index (χ2v) is 3.98. The highest BCUT2D eigenvalue weighted by atomic mass is 79.9. The Labute approximate surface area is 86.0 Å². The zero-order valence-electron chi connectivity index (χ0n) is 7.37. The van der Waals surface area contributed by atoms with E-state index in [4.69, 9.17) is 9.47 Å². The van der Waals surface area contributed by atoms with E-state index in [1.165, 1.54) is 0 Å². The largest absolute Gasteiger partial charge is 0.490 e. The van der Waals surface area contributed by atoms with Crippen LogP contribution in [0.4, 0.5) is 0 Å². The van der Waals surface area contributed by atoms with Gasteiger partial charge in [-0.1, -0.05) is 12.1 Å². The lowest BCUT2D eigenvalue weighted by atomic mass is 10.3. The summed E-state index contributed by atoms with van der Waals surface area (Å²) in [6.07, 6.45) is 0.648. The van der Waals surface area contributed by atoms with Gasteiger partial charge in [0.25, 0.3) is 0 Å². The van der Waals surface area contributed by atoms with Gasteiger partial charge in [-0.2, -0.15) is 0 Å². The summed E-state index contributed by atoms with van der Waals surface area (Å²) < 4.78 is 11.8. The van der Waals surface area contributed by atoms with Crippen molar-refractivity contribution in [3.63, 3.8) is 0 Å². The maximum Gasteiger partial charge on any atom is 0.133 e. The molecule has 70 valence electrons. The summed E-state index contributed by atoms with van der Waals surface area (Å²) in [5.41, 5.74) is 0. The van der Waals surface area contributed by atoms with E-state index in [-0.39, 0.29) is 6.10 Å². The van der Waals surface area contributed by atoms with E-state index in [0.29, 0.717) is 12.7 Å². The molecule has 0 aromatic heterocycles. The van der Waals surface area contributed by atoms with Crippen molar-refractivity contribution in [3.8, 4) is 5.75 Å². The zero-order valence-corrected chi connectivity index (χ0v) is 8.95.